The molecule has 0 amide bonds. The van der Waals surface area contributed by atoms with E-state index in [2.05, 4.69) is 34.6 Å². The maximum absolute atomic E-state index is 12.7. The van der Waals surface area contributed by atoms with Crippen LogP contribution in [0.2, 0.25) is 0 Å². The number of carbonyl (C=O) groups is 1. The number of hydrogen-bond acceptors (Lipinski definition) is 10. The van der Waals surface area contributed by atoms with Crippen molar-refractivity contribution >= 4 is 28.9 Å². The second kappa shape index (κ2) is 8.06. The topological polar surface area (TPSA) is 131 Å². The SMILES string of the molecule is O=C(O)c1nccnc1N(Cc1ccc(-c2noc(C(F)(F)F)n2)s1)c1cnccn1. The summed E-state index contributed by atoms with van der Waals surface area (Å²) >= 11 is 1.10. The van der Waals surface area contributed by atoms with Gasteiger partial charge in [-0.1, -0.05) is 5.16 Å². The van der Waals surface area contributed by atoms with E-state index in [4.69, 9.17) is 0 Å². The van der Waals surface area contributed by atoms with Crippen molar-refractivity contribution in [3.63, 3.8) is 0 Å². The molecular formula is C17H10F3N7O3S. The highest BCUT2D eigenvalue weighted by Gasteiger charge is 2.38. The zero-order chi connectivity index (χ0) is 22.0. The molecule has 0 aliphatic carbocycles. The highest BCUT2D eigenvalue weighted by molar-refractivity contribution is 7.15. The molecule has 0 aliphatic rings. The summed E-state index contributed by atoms with van der Waals surface area (Å²) < 4.78 is 42.4. The molecule has 10 nitrogen and oxygen atoms in total. The number of carboxylic acid groups (broad SMARTS) is 1. The Labute approximate surface area is 175 Å². The fourth-order valence-electron chi connectivity index (χ4n) is 2.55. The van der Waals surface area contributed by atoms with E-state index in [0.29, 0.717) is 15.6 Å². The Balaban J connectivity index is 1.68. The number of carboxylic acids is 1. The molecule has 0 fully saturated rings. The van der Waals surface area contributed by atoms with Crippen molar-refractivity contribution in [2.75, 3.05) is 4.90 Å². The first-order valence-electron chi connectivity index (χ1n) is 8.41. The monoisotopic (exact) mass is 449 g/mol. The number of thiophene rings is 1. The summed E-state index contributed by atoms with van der Waals surface area (Å²) in [5.74, 6) is -2.59. The average Bonchev–Trinajstić information content (AvgIpc) is 3.42. The summed E-state index contributed by atoms with van der Waals surface area (Å²) in [5, 5.41) is 12.8. The van der Waals surface area contributed by atoms with E-state index in [1.807, 2.05) is 0 Å². The van der Waals surface area contributed by atoms with E-state index in [-0.39, 0.29) is 23.9 Å². The van der Waals surface area contributed by atoms with Crippen molar-refractivity contribution in [2.45, 2.75) is 12.7 Å². The molecule has 158 valence electrons. The number of aromatic nitrogens is 6. The van der Waals surface area contributed by atoms with Crippen LogP contribution in [0, 0.1) is 0 Å². The van der Waals surface area contributed by atoms with Gasteiger partial charge >= 0.3 is 18.0 Å². The van der Waals surface area contributed by atoms with Crippen molar-refractivity contribution < 1.29 is 27.6 Å². The van der Waals surface area contributed by atoms with Crippen LogP contribution < -0.4 is 4.90 Å². The normalized spacial score (nSPS) is 11.5. The number of hydrogen-bond donors (Lipinski definition) is 1. The zero-order valence-electron chi connectivity index (χ0n) is 15.2. The molecule has 0 spiro atoms. The van der Waals surface area contributed by atoms with Gasteiger partial charge in [-0.15, -0.1) is 11.3 Å². The van der Waals surface area contributed by atoms with Gasteiger partial charge in [-0.25, -0.2) is 19.7 Å². The first-order chi connectivity index (χ1) is 14.8. The third kappa shape index (κ3) is 4.32. The van der Waals surface area contributed by atoms with E-state index in [1.165, 1.54) is 42.0 Å². The van der Waals surface area contributed by atoms with Crippen LogP contribution in [0.4, 0.5) is 24.8 Å². The van der Waals surface area contributed by atoms with Crippen LogP contribution in [0.5, 0.6) is 0 Å². The minimum Gasteiger partial charge on any atom is -0.476 e. The molecule has 0 atom stereocenters. The number of aromatic carboxylic acids is 1. The first-order valence-corrected chi connectivity index (χ1v) is 9.22. The molecule has 0 saturated carbocycles. The Bertz CT molecular complexity index is 1210. The van der Waals surface area contributed by atoms with E-state index in [0.717, 1.165) is 11.3 Å². The van der Waals surface area contributed by atoms with E-state index >= 15 is 0 Å². The lowest BCUT2D eigenvalue weighted by molar-refractivity contribution is -0.159. The van der Waals surface area contributed by atoms with Gasteiger partial charge in [-0.3, -0.25) is 4.98 Å². The van der Waals surface area contributed by atoms with E-state index in [9.17, 15) is 23.1 Å². The highest BCUT2D eigenvalue weighted by Crippen LogP contribution is 2.33. The summed E-state index contributed by atoms with van der Waals surface area (Å²) in [7, 11) is 0. The molecule has 0 unspecified atom stereocenters. The van der Waals surface area contributed by atoms with E-state index < -0.39 is 18.0 Å². The van der Waals surface area contributed by atoms with Crippen LogP contribution in [0.1, 0.15) is 21.3 Å². The molecule has 4 aromatic rings. The van der Waals surface area contributed by atoms with Gasteiger partial charge < -0.3 is 14.5 Å². The molecule has 0 aromatic carbocycles. The number of nitrogens with zero attached hydrogens (tertiary/aromatic N) is 7. The molecule has 0 bridgehead atoms. The van der Waals surface area contributed by atoms with Crippen LogP contribution in [0.25, 0.3) is 10.7 Å². The van der Waals surface area contributed by atoms with Crippen molar-refractivity contribution in [1.82, 2.24) is 30.1 Å². The highest BCUT2D eigenvalue weighted by atomic mass is 32.1. The lowest BCUT2D eigenvalue weighted by Gasteiger charge is -2.22. The summed E-state index contributed by atoms with van der Waals surface area (Å²) in [6.45, 7) is 0.0896. The smallest absolute Gasteiger partial charge is 0.471 e. The average molecular weight is 449 g/mol. The number of halogens is 3. The van der Waals surface area contributed by atoms with Crippen LogP contribution in [0.3, 0.4) is 0 Å². The van der Waals surface area contributed by atoms with Gasteiger partial charge in [0.1, 0.15) is 0 Å². The summed E-state index contributed by atoms with van der Waals surface area (Å²) in [5.41, 5.74) is -0.294. The van der Waals surface area contributed by atoms with Gasteiger partial charge in [0.2, 0.25) is 5.82 Å². The molecule has 4 heterocycles. The Hall–Kier alpha value is -3.94. The van der Waals surface area contributed by atoms with Crippen LogP contribution in [-0.4, -0.2) is 41.2 Å². The Morgan fingerprint density at radius 2 is 1.90 bits per heavy atom. The molecule has 1 N–H and O–H groups in total. The van der Waals surface area contributed by atoms with Crippen molar-refractivity contribution in [1.29, 1.82) is 0 Å². The summed E-state index contributed by atoms with van der Waals surface area (Å²) in [4.78, 5) is 33.6. The molecule has 0 saturated heterocycles. The molecule has 14 heteroatoms. The van der Waals surface area contributed by atoms with E-state index in [1.54, 1.807) is 6.07 Å². The minimum absolute atomic E-state index is 0.0318. The van der Waals surface area contributed by atoms with Crippen LogP contribution in [0.15, 0.2) is 47.6 Å². The second-order valence-corrected chi connectivity index (χ2v) is 7.04. The van der Waals surface area contributed by atoms with Gasteiger partial charge in [0, 0.05) is 29.7 Å². The Kier molecular flexibility index (Phi) is 5.29. The second-order valence-electron chi connectivity index (χ2n) is 5.87. The lowest BCUT2D eigenvalue weighted by atomic mass is 10.3. The quantitative estimate of drug-likeness (QED) is 0.467. The third-order valence-corrected chi connectivity index (χ3v) is 4.89. The summed E-state index contributed by atoms with van der Waals surface area (Å²) in [6, 6.07) is 3.18. The fourth-order valence-corrected chi connectivity index (χ4v) is 3.47. The predicted octanol–water partition coefficient (Wildman–Crippen LogP) is 3.43. The zero-order valence-corrected chi connectivity index (χ0v) is 16.0. The molecule has 4 aromatic heterocycles. The van der Waals surface area contributed by atoms with Crippen LogP contribution in [-0.2, 0) is 12.7 Å². The molecule has 31 heavy (non-hydrogen) atoms. The Morgan fingerprint density at radius 1 is 1.13 bits per heavy atom. The number of alkyl halides is 3. The third-order valence-electron chi connectivity index (χ3n) is 3.83. The molecular weight excluding hydrogens is 439 g/mol. The fraction of sp³-hybridized carbons (Fsp3) is 0.118. The van der Waals surface area contributed by atoms with Gasteiger partial charge in [0.15, 0.2) is 17.3 Å². The van der Waals surface area contributed by atoms with Gasteiger partial charge in [0.05, 0.1) is 17.6 Å². The molecule has 0 radical (unpaired) electrons. The maximum Gasteiger partial charge on any atom is 0.471 e. The van der Waals surface area contributed by atoms with Gasteiger partial charge in [-0.2, -0.15) is 18.2 Å². The molecule has 0 aliphatic heterocycles. The lowest BCUT2D eigenvalue weighted by Crippen LogP contribution is -2.22. The van der Waals surface area contributed by atoms with Gasteiger partial charge in [0.25, 0.3) is 0 Å². The standard InChI is InChI=1S/C17H10F3N7O3S/c18-17(19,20)16-25-13(26-30-16)10-2-1-9(31-10)8-27(11-7-21-3-4-22-11)14-12(15(28)29)23-5-6-24-14/h1-7H,8H2,(H,28,29). The van der Waals surface area contributed by atoms with Crippen molar-refractivity contribution in [3.05, 3.63) is 59.6 Å². The minimum atomic E-state index is -4.74. The largest absolute Gasteiger partial charge is 0.476 e. The summed E-state index contributed by atoms with van der Waals surface area (Å²) in [6.07, 6.45) is 2.14. The molecule has 4 rings (SSSR count). The van der Waals surface area contributed by atoms with Crippen LogP contribution >= 0.6 is 11.3 Å². The number of rotatable bonds is 6. The first kappa shape index (κ1) is 20.3. The van der Waals surface area contributed by atoms with Gasteiger partial charge in [-0.05, 0) is 12.1 Å². The predicted molar refractivity (Wildman–Crippen MR) is 99.5 cm³/mol. The van der Waals surface area contributed by atoms with Crippen molar-refractivity contribution in [3.8, 4) is 10.7 Å². The number of anilines is 2. The maximum atomic E-state index is 12.7. The Morgan fingerprint density at radius 3 is 2.58 bits per heavy atom. The van der Waals surface area contributed by atoms with Crippen molar-refractivity contribution in [2.24, 2.45) is 0 Å².